The molecule has 0 aliphatic heterocycles. The van der Waals surface area contributed by atoms with Gasteiger partial charge in [-0.3, -0.25) is 4.79 Å². The highest BCUT2D eigenvalue weighted by atomic mass is 32.2. The minimum Gasteiger partial charge on any atom is -0.321 e. The number of nitrogens with two attached hydrogens (primary N) is 1. The Bertz CT molecular complexity index is 292. The molecule has 1 aromatic carbocycles. The second-order valence-electron chi connectivity index (χ2n) is 2.88. The molecule has 1 atom stereocenters. The van der Waals surface area contributed by atoms with Crippen molar-refractivity contribution in [3.05, 3.63) is 29.8 Å². The van der Waals surface area contributed by atoms with Gasteiger partial charge >= 0.3 is 0 Å². The van der Waals surface area contributed by atoms with E-state index in [1.807, 2.05) is 30.5 Å². The third-order valence-electron chi connectivity index (χ3n) is 1.79. The van der Waals surface area contributed by atoms with Crippen molar-refractivity contribution in [1.82, 2.24) is 0 Å². The standard InChI is InChI=1S/C10H13NOS/c1-7(11)10(12)8-3-5-9(13-2)6-4-8/h3-7H,11H2,1-2H3/t7-/m0/s1. The van der Waals surface area contributed by atoms with Crippen LogP contribution in [-0.4, -0.2) is 18.1 Å². The van der Waals surface area contributed by atoms with Crippen molar-refractivity contribution in [2.45, 2.75) is 17.9 Å². The van der Waals surface area contributed by atoms with Gasteiger partial charge in [0.1, 0.15) is 0 Å². The molecule has 0 amide bonds. The monoisotopic (exact) mass is 195 g/mol. The SMILES string of the molecule is CSc1ccc(C(=O)[C@H](C)N)cc1. The molecule has 0 spiro atoms. The molecule has 0 bridgehead atoms. The summed E-state index contributed by atoms with van der Waals surface area (Å²) in [5.41, 5.74) is 6.17. The summed E-state index contributed by atoms with van der Waals surface area (Å²) >= 11 is 1.66. The summed E-state index contributed by atoms with van der Waals surface area (Å²) in [6.07, 6.45) is 2.00. The molecule has 0 unspecified atom stereocenters. The maximum Gasteiger partial charge on any atom is 0.179 e. The fraction of sp³-hybridized carbons (Fsp3) is 0.300. The average Bonchev–Trinajstić information content (AvgIpc) is 2.17. The largest absolute Gasteiger partial charge is 0.321 e. The van der Waals surface area contributed by atoms with Gasteiger partial charge in [-0.05, 0) is 25.3 Å². The quantitative estimate of drug-likeness (QED) is 0.592. The van der Waals surface area contributed by atoms with E-state index in [2.05, 4.69) is 0 Å². The molecule has 2 N–H and O–H groups in total. The number of Topliss-reactive ketones (excluding diaryl/α,β-unsaturated/α-hetero) is 1. The summed E-state index contributed by atoms with van der Waals surface area (Å²) < 4.78 is 0. The van der Waals surface area contributed by atoms with Crippen molar-refractivity contribution in [3.8, 4) is 0 Å². The molecule has 0 saturated heterocycles. The van der Waals surface area contributed by atoms with Crippen molar-refractivity contribution < 1.29 is 4.79 Å². The van der Waals surface area contributed by atoms with E-state index in [0.29, 0.717) is 5.56 Å². The Labute approximate surface area is 82.5 Å². The topological polar surface area (TPSA) is 43.1 Å². The molecule has 13 heavy (non-hydrogen) atoms. The molecular formula is C10H13NOS. The minimum atomic E-state index is -0.417. The number of hydrogen-bond donors (Lipinski definition) is 1. The molecule has 0 aliphatic rings. The first-order chi connectivity index (χ1) is 6.15. The van der Waals surface area contributed by atoms with E-state index in [9.17, 15) is 4.79 Å². The molecule has 0 fully saturated rings. The number of hydrogen-bond acceptors (Lipinski definition) is 3. The van der Waals surface area contributed by atoms with Crippen LogP contribution in [0.3, 0.4) is 0 Å². The second-order valence-corrected chi connectivity index (χ2v) is 3.76. The highest BCUT2D eigenvalue weighted by Gasteiger charge is 2.09. The molecular weight excluding hydrogens is 182 g/mol. The van der Waals surface area contributed by atoms with Gasteiger partial charge < -0.3 is 5.73 Å². The Morgan fingerprint density at radius 3 is 2.31 bits per heavy atom. The van der Waals surface area contributed by atoms with Gasteiger partial charge in [0, 0.05) is 10.5 Å². The molecule has 3 heteroatoms. The molecule has 0 radical (unpaired) electrons. The first-order valence-electron chi connectivity index (χ1n) is 4.09. The van der Waals surface area contributed by atoms with Gasteiger partial charge in [-0.1, -0.05) is 12.1 Å². The summed E-state index contributed by atoms with van der Waals surface area (Å²) in [7, 11) is 0. The van der Waals surface area contributed by atoms with Crippen LogP contribution in [-0.2, 0) is 0 Å². The smallest absolute Gasteiger partial charge is 0.179 e. The van der Waals surface area contributed by atoms with Crippen LogP contribution in [0.15, 0.2) is 29.2 Å². The molecule has 0 saturated carbocycles. The predicted octanol–water partition coefficient (Wildman–Crippen LogP) is 1.94. The predicted molar refractivity (Wildman–Crippen MR) is 56.2 cm³/mol. The van der Waals surface area contributed by atoms with E-state index in [1.165, 1.54) is 0 Å². The number of ketones is 1. The molecule has 70 valence electrons. The van der Waals surface area contributed by atoms with Crippen molar-refractivity contribution in [2.75, 3.05) is 6.26 Å². The van der Waals surface area contributed by atoms with Gasteiger partial charge in [0.25, 0.3) is 0 Å². The summed E-state index contributed by atoms with van der Waals surface area (Å²) in [6, 6.07) is 7.08. The maximum atomic E-state index is 11.4. The summed E-state index contributed by atoms with van der Waals surface area (Å²) in [4.78, 5) is 12.6. The van der Waals surface area contributed by atoms with Crippen LogP contribution >= 0.6 is 11.8 Å². The Morgan fingerprint density at radius 1 is 1.38 bits per heavy atom. The second kappa shape index (κ2) is 4.44. The summed E-state index contributed by atoms with van der Waals surface area (Å²) in [5.74, 6) is -0.00680. The average molecular weight is 195 g/mol. The minimum absolute atomic E-state index is 0.00680. The fourth-order valence-electron chi connectivity index (χ4n) is 1.02. The zero-order valence-electron chi connectivity index (χ0n) is 7.78. The van der Waals surface area contributed by atoms with Crippen LogP contribution < -0.4 is 5.73 Å². The van der Waals surface area contributed by atoms with Gasteiger partial charge in [-0.2, -0.15) is 0 Å². The lowest BCUT2D eigenvalue weighted by Crippen LogP contribution is -2.26. The van der Waals surface area contributed by atoms with Crippen LogP contribution in [0, 0.1) is 0 Å². The third kappa shape index (κ3) is 2.57. The van der Waals surface area contributed by atoms with E-state index in [0.717, 1.165) is 4.90 Å². The number of carbonyl (C=O) groups is 1. The van der Waals surface area contributed by atoms with Crippen molar-refractivity contribution in [1.29, 1.82) is 0 Å². The number of carbonyl (C=O) groups excluding carboxylic acids is 1. The number of benzene rings is 1. The molecule has 0 aromatic heterocycles. The molecule has 1 aromatic rings. The fourth-order valence-corrected chi connectivity index (χ4v) is 1.43. The Kier molecular flexibility index (Phi) is 3.51. The maximum absolute atomic E-state index is 11.4. The van der Waals surface area contributed by atoms with Gasteiger partial charge in [-0.25, -0.2) is 0 Å². The van der Waals surface area contributed by atoms with Gasteiger partial charge in [-0.15, -0.1) is 11.8 Å². The van der Waals surface area contributed by atoms with Crippen molar-refractivity contribution in [2.24, 2.45) is 5.73 Å². The first-order valence-corrected chi connectivity index (χ1v) is 5.31. The molecule has 2 nitrogen and oxygen atoms in total. The lowest BCUT2D eigenvalue weighted by molar-refractivity contribution is 0.0968. The highest BCUT2D eigenvalue weighted by Crippen LogP contribution is 2.15. The van der Waals surface area contributed by atoms with E-state index in [-0.39, 0.29) is 5.78 Å². The van der Waals surface area contributed by atoms with Gasteiger partial charge in [0.15, 0.2) is 5.78 Å². The molecule has 0 aliphatic carbocycles. The normalized spacial score (nSPS) is 12.5. The zero-order chi connectivity index (χ0) is 9.84. The molecule has 0 heterocycles. The summed E-state index contributed by atoms with van der Waals surface area (Å²) in [6.45, 7) is 1.70. The van der Waals surface area contributed by atoms with E-state index < -0.39 is 6.04 Å². The zero-order valence-corrected chi connectivity index (χ0v) is 8.60. The number of thioether (sulfide) groups is 1. The summed E-state index contributed by atoms with van der Waals surface area (Å²) in [5, 5.41) is 0. The highest BCUT2D eigenvalue weighted by molar-refractivity contribution is 7.98. The Hall–Kier alpha value is -0.800. The Morgan fingerprint density at radius 2 is 1.92 bits per heavy atom. The van der Waals surface area contributed by atoms with Crippen LogP contribution in [0.4, 0.5) is 0 Å². The lowest BCUT2D eigenvalue weighted by Gasteiger charge is -2.04. The number of rotatable bonds is 3. The Balaban J connectivity index is 2.86. The van der Waals surface area contributed by atoms with Crippen LogP contribution in [0.2, 0.25) is 0 Å². The van der Waals surface area contributed by atoms with E-state index in [4.69, 9.17) is 5.73 Å². The van der Waals surface area contributed by atoms with Crippen LogP contribution in [0.5, 0.6) is 0 Å². The van der Waals surface area contributed by atoms with Gasteiger partial charge in [0.2, 0.25) is 0 Å². The van der Waals surface area contributed by atoms with E-state index >= 15 is 0 Å². The van der Waals surface area contributed by atoms with E-state index in [1.54, 1.807) is 18.7 Å². The van der Waals surface area contributed by atoms with Crippen LogP contribution in [0.25, 0.3) is 0 Å². The van der Waals surface area contributed by atoms with Crippen LogP contribution in [0.1, 0.15) is 17.3 Å². The third-order valence-corrected chi connectivity index (χ3v) is 2.53. The molecule has 1 rings (SSSR count). The van der Waals surface area contributed by atoms with Crippen molar-refractivity contribution in [3.63, 3.8) is 0 Å². The first kappa shape index (κ1) is 10.3. The van der Waals surface area contributed by atoms with Crippen molar-refractivity contribution >= 4 is 17.5 Å². The van der Waals surface area contributed by atoms with Gasteiger partial charge in [0.05, 0.1) is 6.04 Å². The lowest BCUT2D eigenvalue weighted by atomic mass is 10.1.